The maximum absolute atomic E-state index is 10.9. The highest BCUT2D eigenvalue weighted by molar-refractivity contribution is 5.92. The number of nitrogens with zero attached hydrogens (tertiary/aromatic N) is 3. The molecular weight excluding hydrogens is 276 g/mol. The molecule has 1 aliphatic heterocycles. The number of rotatable bonds is 2. The fourth-order valence-electron chi connectivity index (χ4n) is 2.42. The third-order valence-corrected chi connectivity index (χ3v) is 3.54. The summed E-state index contributed by atoms with van der Waals surface area (Å²) >= 11 is 0. The SMILES string of the molecule is O=C(O)N1CC=C(c2n[nH]c3ccc([N+](=O)[O-])cc23)CC1. The van der Waals surface area contributed by atoms with E-state index in [1.54, 1.807) is 12.1 Å². The smallest absolute Gasteiger partial charge is 0.407 e. The molecule has 3 rings (SSSR count). The van der Waals surface area contributed by atoms with Gasteiger partial charge in [0.1, 0.15) is 0 Å². The van der Waals surface area contributed by atoms with E-state index in [-0.39, 0.29) is 5.69 Å². The first-order chi connectivity index (χ1) is 10.1. The number of fused-ring (bicyclic) bond motifs is 1. The van der Waals surface area contributed by atoms with Gasteiger partial charge in [0.25, 0.3) is 5.69 Å². The number of hydrogen-bond donors (Lipinski definition) is 2. The topological polar surface area (TPSA) is 112 Å². The fourth-order valence-corrected chi connectivity index (χ4v) is 2.42. The van der Waals surface area contributed by atoms with Crippen LogP contribution >= 0.6 is 0 Å². The van der Waals surface area contributed by atoms with Crippen LogP contribution in [0.4, 0.5) is 10.5 Å². The van der Waals surface area contributed by atoms with Crippen molar-refractivity contribution < 1.29 is 14.8 Å². The Kier molecular flexibility index (Phi) is 3.05. The Balaban J connectivity index is 1.99. The number of nitro groups is 1. The van der Waals surface area contributed by atoms with Crippen LogP contribution in [0.1, 0.15) is 12.1 Å². The molecule has 2 heterocycles. The maximum atomic E-state index is 10.9. The van der Waals surface area contributed by atoms with Crippen LogP contribution in [0.5, 0.6) is 0 Å². The molecule has 8 nitrogen and oxygen atoms in total. The Bertz CT molecular complexity index is 765. The van der Waals surface area contributed by atoms with Crippen LogP contribution in [0.3, 0.4) is 0 Å². The summed E-state index contributed by atoms with van der Waals surface area (Å²) in [7, 11) is 0. The van der Waals surface area contributed by atoms with Gasteiger partial charge in [0.2, 0.25) is 0 Å². The van der Waals surface area contributed by atoms with Crippen LogP contribution in [0.15, 0.2) is 24.3 Å². The molecule has 1 aromatic heterocycles. The predicted octanol–water partition coefficient (Wildman–Crippen LogP) is 2.24. The number of nitrogens with one attached hydrogen (secondary N) is 1. The molecule has 0 spiro atoms. The summed E-state index contributed by atoms with van der Waals surface area (Å²) in [6.45, 7) is 0.693. The molecule has 21 heavy (non-hydrogen) atoms. The number of amides is 1. The van der Waals surface area contributed by atoms with Crippen LogP contribution < -0.4 is 0 Å². The first-order valence-electron chi connectivity index (χ1n) is 6.36. The lowest BCUT2D eigenvalue weighted by Gasteiger charge is -2.22. The first-order valence-corrected chi connectivity index (χ1v) is 6.36. The van der Waals surface area contributed by atoms with Gasteiger partial charge in [-0.2, -0.15) is 5.10 Å². The van der Waals surface area contributed by atoms with Crippen molar-refractivity contribution in [1.82, 2.24) is 15.1 Å². The summed E-state index contributed by atoms with van der Waals surface area (Å²) in [5, 5.41) is 27.5. The number of carbonyl (C=O) groups is 1. The molecule has 0 bridgehead atoms. The average Bonchev–Trinajstić information content (AvgIpc) is 2.90. The van der Waals surface area contributed by atoms with Gasteiger partial charge >= 0.3 is 6.09 Å². The quantitative estimate of drug-likeness (QED) is 0.650. The van der Waals surface area contributed by atoms with Crippen molar-refractivity contribution in [2.45, 2.75) is 6.42 Å². The zero-order chi connectivity index (χ0) is 15.0. The van der Waals surface area contributed by atoms with Crippen LogP contribution in [0, 0.1) is 10.1 Å². The molecule has 2 N–H and O–H groups in total. The van der Waals surface area contributed by atoms with E-state index in [1.807, 2.05) is 0 Å². The highest BCUT2D eigenvalue weighted by atomic mass is 16.6. The Hall–Kier alpha value is -2.90. The zero-order valence-electron chi connectivity index (χ0n) is 10.9. The molecule has 0 unspecified atom stereocenters. The van der Waals surface area contributed by atoms with Crippen molar-refractivity contribution in [2.24, 2.45) is 0 Å². The molecule has 0 radical (unpaired) electrons. The average molecular weight is 288 g/mol. The predicted molar refractivity (Wildman–Crippen MR) is 74.9 cm³/mol. The van der Waals surface area contributed by atoms with Crippen LogP contribution in [-0.4, -0.2) is 44.3 Å². The second-order valence-corrected chi connectivity index (χ2v) is 4.77. The lowest BCUT2D eigenvalue weighted by atomic mass is 10.0. The van der Waals surface area contributed by atoms with E-state index in [9.17, 15) is 14.9 Å². The van der Waals surface area contributed by atoms with Crippen molar-refractivity contribution in [3.05, 3.63) is 40.1 Å². The van der Waals surface area contributed by atoms with Crippen molar-refractivity contribution >= 4 is 28.3 Å². The van der Waals surface area contributed by atoms with Gasteiger partial charge in [-0.3, -0.25) is 15.2 Å². The summed E-state index contributed by atoms with van der Waals surface area (Å²) in [6, 6.07) is 4.53. The van der Waals surface area contributed by atoms with Gasteiger partial charge in [0.05, 0.1) is 16.1 Å². The van der Waals surface area contributed by atoms with Gasteiger partial charge < -0.3 is 10.0 Å². The van der Waals surface area contributed by atoms with Gasteiger partial charge in [-0.25, -0.2) is 4.79 Å². The van der Waals surface area contributed by atoms with E-state index >= 15 is 0 Å². The lowest BCUT2D eigenvalue weighted by molar-refractivity contribution is -0.384. The number of aromatic amines is 1. The third kappa shape index (κ3) is 2.31. The molecule has 108 valence electrons. The second-order valence-electron chi connectivity index (χ2n) is 4.77. The summed E-state index contributed by atoms with van der Waals surface area (Å²) in [4.78, 5) is 22.6. The molecule has 1 aromatic carbocycles. The highest BCUT2D eigenvalue weighted by Gasteiger charge is 2.20. The van der Waals surface area contributed by atoms with Gasteiger partial charge in [-0.1, -0.05) is 6.08 Å². The Morgan fingerprint density at radius 3 is 2.90 bits per heavy atom. The monoisotopic (exact) mass is 288 g/mol. The number of benzene rings is 1. The number of non-ortho nitro benzene ring substituents is 1. The van der Waals surface area contributed by atoms with Crippen molar-refractivity contribution in [3.8, 4) is 0 Å². The normalized spacial score (nSPS) is 15.0. The van der Waals surface area contributed by atoms with E-state index in [4.69, 9.17) is 5.11 Å². The number of H-pyrrole nitrogens is 1. The molecular formula is C13H12N4O4. The van der Waals surface area contributed by atoms with Gasteiger partial charge in [0, 0.05) is 30.6 Å². The molecule has 2 aromatic rings. The largest absolute Gasteiger partial charge is 0.465 e. The van der Waals surface area contributed by atoms with Crippen LogP contribution in [0.2, 0.25) is 0 Å². The summed E-state index contributed by atoms with van der Waals surface area (Å²) < 4.78 is 0. The molecule has 0 aliphatic carbocycles. The molecule has 0 atom stereocenters. The van der Waals surface area contributed by atoms with E-state index in [1.165, 1.54) is 17.0 Å². The molecule has 1 amide bonds. The minimum absolute atomic E-state index is 0.00808. The van der Waals surface area contributed by atoms with Crippen molar-refractivity contribution in [2.75, 3.05) is 13.1 Å². The van der Waals surface area contributed by atoms with Crippen LogP contribution in [-0.2, 0) is 0 Å². The number of hydrogen-bond acceptors (Lipinski definition) is 4. The third-order valence-electron chi connectivity index (χ3n) is 3.54. The summed E-state index contributed by atoms with van der Waals surface area (Å²) in [5.74, 6) is 0. The molecule has 0 fully saturated rings. The van der Waals surface area contributed by atoms with E-state index in [0.717, 1.165) is 11.1 Å². The highest BCUT2D eigenvalue weighted by Crippen LogP contribution is 2.29. The van der Waals surface area contributed by atoms with Crippen molar-refractivity contribution in [1.29, 1.82) is 0 Å². The van der Waals surface area contributed by atoms with E-state index in [0.29, 0.717) is 30.6 Å². The molecule has 1 aliphatic rings. The Morgan fingerprint density at radius 1 is 1.48 bits per heavy atom. The lowest BCUT2D eigenvalue weighted by Crippen LogP contribution is -2.33. The molecule has 8 heteroatoms. The molecule has 0 saturated carbocycles. The van der Waals surface area contributed by atoms with Crippen molar-refractivity contribution in [3.63, 3.8) is 0 Å². The first kappa shape index (κ1) is 13.1. The van der Waals surface area contributed by atoms with E-state index < -0.39 is 11.0 Å². The second kappa shape index (κ2) is 4.89. The fraction of sp³-hybridized carbons (Fsp3) is 0.231. The Labute approximate surface area is 118 Å². The summed E-state index contributed by atoms with van der Waals surface area (Å²) in [6.07, 6.45) is 1.38. The number of nitro benzene ring substituents is 1. The number of carboxylic acid groups (broad SMARTS) is 1. The van der Waals surface area contributed by atoms with Crippen LogP contribution in [0.25, 0.3) is 16.5 Å². The maximum Gasteiger partial charge on any atom is 0.407 e. The van der Waals surface area contributed by atoms with E-state index in [2.05, 4.69) is 10.2 Å². The van der Waals surface area contributed by atoms with Gasteiger partial charge in [0.15, 0.2) is 0 Å². The minimum atomic E-state index is -0.951. The summed E-state index contributed by atoms with van der Waals surface area (Å²) in [5.41, 5.74) is 2.28. The minimum Gasteiger partial charge on any atom is -0.465 e. The zero-order valence-corrected chi connectivity index (χ0v) is 10.9. The van der Waals surface area contributed by atoms with Gasteiger partial charge in [-0.15, -0.1) is 0 Å². The number of aromatic nitrogens is 2. The molecule has 0 saturated heterocycles. The standard InChI is InChI=1S/C13H12N4O4/c18-13(19)16-5-3-8(4-6-16)12-10-7-9(17(20)21)1-2-11(10)14-15-12/h1-3,7H,4-6H2,(H,14,15)(H,18,19). The Morgan fingerprint density at radius 2 is 2.29 bits per heavy atom. The van der Waals surface area contributed by atoms with Gasteiger partial charge in [-0.05, 0) is 18.1 Å².